The number of anilines is 1. The zero-order chi connectivity index (χ0) is 15.4. The molecule has 0 saturated heterocycles. The van der Waals surface area contributed by atoms with Crippen molar-refractivity contribution in [2.75, 3.05) is 12.4 Å². The Morgan fingerprint density at radius 2 is 2.29 bits per heavy atom. The highest BCUT2D eigenvalue weighted by molar-refractivity contribution is 5.89. The second-order valence-electron chi connectivity index (χ2n) is 4.04. The normalized spacial score (nSPS) is 10.2. The van der Waals surface area contributed by atoms with E-state index < -0.39 is 16.7 Å². The van der Waals surface area contributed by atoms with Gasteiger partial charge in [0.1, 0.15) is 17.7 Å². The maximum absolute atomic E-state index is 13.6. The van der Waals surface area contributed by atoms with E-state index in [1.54, 1.807) is 0 Å². The molecule has 0 aliphatic carbocycles. The molecule has 2 aromatic rings. The number of esters is 1. The highest BCUT2D eigenvalue weighted by atomic mass is 19.1. The molecular formula is C13H11FN2O5. The molecule has 0 radical (unpaired) electrons. The van der Waals surface area contributed by atoms with Crippen LogP contribution in [0, 0.1) is 15.9 Å². The van der Waals surface area contributed by atoms with Crippen molar-refractivity contribution in [3.8, 4) is 0 Å². The molecule has 1 N–H and O–H groups in total. The van der Waals surface area contributed by atoms with Gasteiger partial charge in [0.05, 0.1) is 24.1 Å². The number of halogens is 1. The molecule has 1 aromatic heterocycles. The monoisotopic (exact) mass is 294 g/mol. The Balaban J connectivity index is 2.15. The van der Waals surface area contributed by atoms with Gasteiger partial charge in [-0.2, -0.15) is 0 Å². The number of nitro benzene ring substituents is 1. The van der Waals surface area contributed by atoms with Crippen LogP contribution in [0.4, 0.5) is 15.8 Å². The molecule has 0 bridgehead atoms. The van der Waals surface area contributed by atoms with Crippen molar-refractivity contribution in [3.63, 3.8) is 0 Å². The fraction of sp³-hybridized carbons (Fsp3) is 0.154. The molecule has 0 amide bonds. The number of para-hydroxylation sites is 1. The van der Waals surface area contributed by atoms with Crippen molar-refractivity contribution < 1.29 is 23.3 Å². The van der Waals surface area contributed by atoms with Crippen LogP contribution in [0.15, 0.2) is 34.9 Å². The van der Waals surface area contributed by atoms with Gasteiger partial charge in [-0.25, -0.2) is 9.18 Å². The lowest BCUT2D eigenvalue weighted by Crippen LogP contribution is -2.04. The predicted octanol–water partition coefficient (Wildman–Crippen LogP) is 2.73. The van der Waals surface area contributed by atoms with Crippen molar-refractivity contribution in [2.45, 2.75) is 6.54 Å². The Bertz CT molecular complexity index is 683. The Morgan fingerprint density at radius 3 is 2.95 bits per heavy atom. The number of benzene rings is 1. The van der Waals surface area contributed by atoms with Gasteiger partial charge in [0.15, 0.2) is 5.82 Å². The van der Waals surface area contributed by atoms with Crippen molar-refractivity contribution in [3.05, 3.63) is 57.8 Å². The summed E-state index contributed by atoms with van der Waals surface area (Å²) in [7, 11) is 1.23. The topological polar surface area (TPSA) is 94.6 Å². The van der Waals surface area contributed by atoms with E-state index in [1.165, 1.54) is 31.6 Å². The predicted molar refractivity (Wildman–Crippen MR) is 70.4 cm³/mol. The van der Waals surface area contributed by atoms with Crippen LogP contribution in [0.2, 0.25) is 0 Å². The largest absolute Gasteiger partial charge is 0.467 e. The van der Waals surface area contributed by atoms with Crippen LogP contribution in [0.25, 0.3) is 0 Å². The minimum Gasteiger partial charge on any atom is -0.467 e. The second kappa shape index (κ2) is 6.04. The molecule has 0 atom stereocenters. The SMILES string of the molecule is COC(=O)c1coc(CNc2c(F)cccc2[N+](=O)[O-])c1. The number of methoxy groups -OCH3 is 1. The lowest BCUT2D eigenvalue weighted by Gasteiger charge is -2.06. The number of rotatable bonds is 5. The van der Waals surface area contributed by atoms with Crippen molar-refractivity contribution >= 4 is 17.3 Å². The number of ether oxygens (including phenoxy) is 1. The first-order valence-electron chi connectivity index (χ1n) is 5.85. The summed E-state index contributed by atoms with van der Waals surface area (Å²) in [4.78, 5) is 21.4. The highest BCUT2D eigenvalue weighted by Crippen LogP contribution is 2.27. The fourth-order valence-electron chi connectivity index (χ4n) is 1.71. The van der Waals surface area contributed by atoms with E-state index in [-0.39, 0.29) is 23.5 Å². The van der Waals surface area contributed by atoms with Gasteiger partial charge in [0.25, 0.3) is 5.69 Å². The summed E-state index contributed by atoms with van der Waals surface area (Å²) >= 11 is 0. The molecule has 1 aromatic carbocycles. The first-order valence-corrected chi connectivity index (χ1v) is 5.85. The van der Waals surface area contributed by atoms with E-state index in [0.717, 1.165) is 6.07 Å². The number of furan rings is 1. The van der Waals surface area contributed by atoms with Gasteiger partial charge in [-0.15, -0.1) is 0 Å². The van der Waals surface area contributed by atoms with Crippen LogP contribution in [0.1, 0.15) is 16.1 Å². The summed E-state index contributed by atoms with van der Waals surface area (Å²) < 4.78 is 23.2. The lowest BCUT2D eigenvalue weighted by molar-refractivity contribution is -0.384. The number of nitrogens with one attached hydrogen (secondary N) is 1. The first kappa shape index (κ1) is 14.5. The minimum absolute atomic E-state index is 0.0151. The Labute approximate surface area is 118 Å². The smallest absolute Gasteiger partial charge is 0.341 e. The third kappa shape index (κ3) is 3.16. The zero-order valence-corrected chi connectivity index (χ0v) is 11.0. The quantitative estimate of drug-likeness (QED) is 0.517. The second-order valence-corrected chi connectivity index (χ2v) is 4.04. The summed E-state index contributed by atoms with van der Waals surface area (Å²) in [5, 5.41) is 13.4. The number of hydrogen-bond acceptors (Lipinski definition) is 6. The molecule has 0 aliphatic heterocycles. The van der Waals surface area contributed by atoms with Crippen molar-refractivity contribution in [2.24, 2.45) is 0 Å². The van der Waals surface area contributed by atoms with E-state index in [2.05, 4.69) is 10.1 Å². The van der Waals surface area contributed by atoms with Gasteiger partial charge < -0.3 is 14.5 Å². The van der Waals surface area contributed by atoms with Gasteiger partial charge in [-0.3, -0.25) is 10.1 Å². The van der Waals surface area contributed by atoms with Gasteiger partial charge in [0.2, 0.25) is 0 Å². The fourth-order valence-corrected chi connectivity index (χ4v) is 1.71. The third-order valence-corrected chi connectivity index (χ3v) is 2.70. The summed E-state index contributed by atoms with van der Waals surface area (Å²) in [6, 6.07) is 4.96. The summed E-state index contributed by atoms with van der Waals surface area (Å²) in [6.07, 6.45) is 1.19. The molecule has 110 valence electrons. The van der Waals surface area contributed by atoms with Crippen LogP contribution >= 0.6 is 0 Å². The summed E-state index contributed by atoms with van der Waals surface area (Å²) in [5.41, 5.74) is -0.411. The van der Waals surface area contributed by atoms with Crippen molar-refractivity contribution in [1.82, 2.24) is 0 Å². The number of nitro groups is 1. The van der Waals surface area contributed by atoms with Gasteiger partial charge >= 0.3 is 5.97 Å². The van der Waals surface area contributed by atoms with E-state index in [9.17, 15) is 19.3 Å². The van der Waals surface area contributed by atoms with Crippen LogP contribution in [-0.2, 0) is 11.3 Å². The zero-order valence-electron chi connectivity index (χ0n) is 11.0. The van der Waals surface area contributed by atoms with Crippen LogP contribution < -0.4 is 5.32 Å². The summed E-state index contributed by atoms with van der Waals surface area (Å²) in [6.45, 7) is -0.0151. The minimum atomic E-state index is -0.746. The Morgan fingerprint density at radius 1 is 1.52 bits per heavy atom. The number of hydrogen-bond donors (Lipinski definition) is 1. The Hall–Kier alpha value is -2.90. The van der Waals surface area contributed by atoms with Gasteiger partial charge in [0, 0.05) is 6.07 Å². The molecule has 8 heteroatoms. The first-order chi connectivity index (χ1) is 10.0. The van der Waals surface area contributed by atoms with Crippen LogP contribution in [0.3, 0.4) is 0 Å². The molecule has 1 heterocycles. The standard InChI is InChI=1S/C13H11FN2O5/c1-20-13(17)8-5-9(21-7-8)6-15-12-10(14)3-2-4-11(12)16(18)19/h2-5,7,15H,6H2,1H3. The molecule has 0 fully saturated rings. The number of nitrogens with zero attached hydrogens (tertiary/aromatic N) is 1. The molecule has 0 spiro atoms. The molecule has 2 rings (SSSR count). The average molecular weight is 294 g/mol. The molecule has 7 nitrogen and oxygen atoms in total. The van der Waals surface area contributed by atoms with Gasteiger partial charge in [-0.05, 0) is 12.1 Å². The Kier molecular flexibility index (Phi) is 4.17. The number of carbonyl (C=O) groups excluding carboxylic acids is 1. The van der Waals surface area contributed by atoms with Crippen molar-refractivity contribution in [1.29, 1.82) is 0 Å². The molecular weight excluding hydrogens is 283 g/mol. The maximum atomic E-state index is 13.6. The van der Waals surface area contributed by atoms with E-state index in [1.807, 2.05) is 0 Å². The highest BCUT2D eigenvalue weighted by Gasteiger charge is 2.18. The molecule has 21 heavy (non-hydrogen) atoms. The van der Waals surface area contributed by atoms with Gasteiger partial charge in [-0.1, -0.05) is 6.07 Å². The number of carbonyl (C=O) groups is 1. The molecule has 0 saturated carbocycles. The third-order valence-electron chi connectivity index (χ3n) is 2.70. The van der Waals surface area contributed by atoms with E-state index in [4.69, 9.17) is 4.42 Å². The molecule has 0 unspecified atom stereocenters. The van der Waals surface area contributed by atoms with Crippen LogP contribution in [-0.4, -0.2) is 18.0 Å². The van der Waals surface area contributed by atoms with Crippen LogP contribution in [0.5, 0.6) is 0 Å². The van der Waals surface area contributed by atoms with E-state index in [0.29, 0.717) is 5.76 Å². The lowest BCUT2D eigenvalue weighted by atomic mass is 10.2. The average Bonchev–Trinajstić information content (AvgIpc) is 2.93. The maximum Gasteiger partial charge on any atom is 0.341 e. The molecule has 0 aliphatic rings. The van der Waals surface area contributed by atoms with E-state index >= 15 is 0 Å². The summed E-state index contributed by atoms with van der Waals surface area (Å²) in [5.74, 6) is -1.00.